The molecule has 19 heavy (non-hydrogen) atoms. The van der Waals surface area contributed by atoms with Crippen LogP contribution in [0.4, 0.5) is 18.9 Å². The number of nitrogens with two attached hydrogens (primary N) is 1. The van der Waals surface area contributed by atoms with Crippen molar-refractivity contribution in [1.29, 1.82) is 0 Å². The van der Waals surface area contributed by atoms with Crippen molar-refractivity contribution >= 4 is 11.6 Å². The van der Waals surface area contributed by atoms with E-state index in [4.69, 9.17) is 10.5 Å². The van der Waals surface area contributed by atoms with Crippen molar-refractivity contribution in [1.82, 2.24) is 5.32 Å². The largest absolute Gasteiger partial charge is 0.405 e. The first kappa shape index (κ1) is 15.3. The van der Waals surface area contributed by atoms with Crippen molar-refractivity contribution in [2.24, 2.45) is 0 Å². The van der Waals surface area contributed by atoms with Crippen molar-refractivity contribution < 1.29 is 22.7 Å². The highest BCUT2D eigenvalue weighted by atomic mass is 19.4. The summed E-state index contributed by atoms with van der Waals surface area (Å²) < 4.78 is 40.4. The number of nitrogens with one attached hydrogen (secondary N) is 1. The van der Waals surface area contributed by atoms with Crippen LogP contribution in [0.1, 0.15) is 5.56 Å². The number of halogens is 3. The Bertz CT molecular complexity index is 422. The number of benzene rings is 1. The molecule has 0 unspecified atom stereocenters. The fraction of sp³-hybridized carbons (Fsp3) is 0.417. The van der Waals surface area contributed by atoms with Gasteiger partial charge in [-0.25, -0.2) is 0 Å². The third kappa shape index (κ3) is 6.66. The van der Waals surface area contributed by atoms with Gasteiger partial charge in [-0.15, -0.1) is 0 Å². The predicted octanol–water partition coefficient (Wildman–Crippen LogP) is 1.51. The first-order valence-corrected chi connectivity index (χ1v) is 5.63. The topological polar surface area (TPSA) is 64.3 Å². The average Bonchev–Trinajstić information content (AvgIpc) is 2.33. The summed E-state index contributed by atoms with van der Waals surface area (Å²) in [4.78, 5) is 11.0. The van der Waals surface area contributed by atoms with Gasteiger partial charge in [0.05, 0.1) is 6.61 Å². The minimum Gasteiger partial charge on any atom is -0.399 e. The van der Waals surface area contributed by atoms with E-state index in [-0.39, 0.29) is 6.61 Å². The molecule has 1 amide bonds. The fourth-order valence-corrected chi connectivity index (χ4v) is 1.36. The van der Waals surface area contributed by atoms with Gasteiger partial charge >= 0.3 is 6.18 Å². The Morgan fingerprint density at radius 1 is 1.32 bits per heavy atom. The van der Waals surface area contributed by atoms with Crippen LogP contribution in [-0.2, 0) is 16.0 Å². The molecule has 1 aromatic rings. The first-order valence-electron chi connectivity index (χ1n) is 5.63. The van der Waals surface area contributed by atoms with Gasteiger partial charge in [0, 0.05) is 5.69 Å². The molecule has 3 N–H and O–H groups in total. The summed E-state index contributed by atoms with van der Waals surface area (Å²) in [6, 6.07) is 7.18. The number of rotatable bonds is 6. The van der Waals surface area contributed by atoms with Gasteiger partial charge in [0.2, 0.25) is 5.91 Å². The Kier molecular flexibility index (Phi) is 5.62. The van der Waals surface area contributed by atoms with E-state index in [1.54, 1.807) is 17.4 Å². The second-order valence-electron chi connectivity index (χ2n) is 3.89. The monoisotopic (exact) mass is 276 g/mol. The predicted molar refractivity (Wildman–Crippen MR) is 64.4 cm³/mol. The molecule has 0 radical (unpaired) electrons. The lowest BCUT2D eigenvalue weighted by Gasteiger charge is -2.09. The molecule has 0 heterocycles. The second kappa shape index (κ2) is 6.98. The van der Waals surface area contributed by atoms with E-state index in [1.807, 2.05) is 12.1 Å². The van der Waals surface area contributed by atoms with Crippen LogP contribution >= 0.6 is 0 Å². The van der Waals surface area contributed by atoms with Crippen molar-refractivity contribution in [3.63, 3.8) is 0 Å². The standard InChI is InChI=1S/C12H15F3N2O2/c13-12(14,15)8-17-11(18)7-19-6-5-9-3-1-2-4-10(9)16/h1-4H,5-8,16H2,(H,17,18). The maximum atomic E-state index is 11.8. The molecule has 0 aliphatic carbocycles. The summed E-state index contributed by atoms with van der Waals surface area (Å²) in [5, 5.41) is 1.72. The van der Waals surface area contributed by atoms with Crippen LogP contribution < -0.4 is 11.1 Å². The van der Waals surface area contributed by atoms with E-state index in [2.05, 4.69) is 0 Å². The Balaban J connectivity index is 2.17. The molecule has 4 nitrogen and oxygen atoms in total. The van der Waals surface area contributed by atoms with Crippen LogP contribution in [0, 0.1) is 0 Å². The SMILES string of the molecule is Nc1ccccc1CCOCC(=O)NCC(F)(F)F. The zero-order valence-electron chi connectivity index (χ0n) is 10.2. The van der Waals surface area contributed by atoms with Crippen LogP contribution in [0.3, 0.4) is 0 Å². The third-order valence-electron chi connectivity index (χ3n) is 2.29. The highest BCUT2D eigenvalue weighted by Crippen LogP contribution is 2.12. The molecular formula is C12H15F3N2O2. The van der Waals surface area contributed by atoms with Gasteiger partial charge in [-0.2, -0.15) is 13.2 Å². The van der Waals surface area contributed by atoms with Gasteiger partial charge in [-0.05, 0) is 18.1 Å². The van der Waals surface area contributed by atoms with Gasteiger partial charge in [-0.3, -0.25) is 4.79 Å². The van der Waals surface area contributed by atoms with E-state index in [9.17, 15) is 18.0 Å². The lowest BCUT2D eigenvalue weighted by atomic mass is 10.1. The van der Waals surface area contributed by atoms with E-state index in [0.29, 0.717) is 12.1 Å². The number of para-hydroxylation sites is 1. The molecule has 0 aliphatic rings. The van der Waals surface area contributed by atoms with Gasteiger partial charge in [0.25, 0.3) is 0 Å². The molecule has 7 heteroatoms. The molecule has 106 valence electrons. The summed E-state index contributed by atoms with van der Waals surface area (Å²) in [5.41, 5.74) is 7.19. The molecule has 0 atom stereocenters. The maximum absolute atomic E-state index is 11.8. The average molecular weight is 276 g/mol. The number of carbonyl (C=O) groups excluding carboxylic acids is 1. The summed E-state index contributed by atoms with van der Waals surface area (Å²) in [6.45, 7) is -1.53. The van der Waals surface area contributed by atoms with Gasteiger partial charge < -0.3 is 15.8 Å². The zero-order valence-corrected chi connectivity index (χ0v) is 10.2. The maximum Gasteiger partial charge on any atom is 0.405 e. The minimum absolute atomic E-state index is 0.216. The molecule has 0 saturated carbocycles. The normalized spacial score (nSPS) is 11.3. The molecule has 0 aliphatic heterocycles. The molecule has 0 bridgehead atoms. The van der Waals surface area contributed by atoms with E-state index >= 15 is 0 Å². The summed E-state index contributed by atoms with van der Waals surface area (Å²) in [6.07, 6.45) is -3.91. The second-order valence-corrected chi connectivity index (χ2v) is 3.89. The summed E-state index contributed by atoms with van der Waals surface area (Å²) >= 11 is 0. The smallest absolute Gasteiger partial charge is 0.399 e. The fourth-order valence-electron chi connectivity index (χ4n) is 1.36. The lowest BCUT2D eigenvalue weighted by molar-refractivity contribution is -0.141. The zero-order chi connectivity index (χ0) is 14.3. The van der Waals surface area contributed by atoms with Crippen LogP contribution in [0.25, 0.3) is 0 Å². The number of hydrogen-bond acceptors (Lipinski definition) is 3. The minimum atomic E-state index is -4.41. The van der Waals surface area contributed by atoms with Crippen LogP contribution in [-0.4, -0.2) is 31.8 Å². The van der Waals surface area contributed by atoms with E-state index < -0.39 is 25.2 Å². The molecule has 1 rings (SSSR count). The van der Waals surface area contributed by atoms with Crippen LogP contribution in [0.5, 0.6) is 0 Å². The van der Waals surface area contributed by atoms with E-state index in [0.717, 1.165) is 5.56 Å². The van der Waals surface area contributed by atoms with Crippen molar-refractivity contribution in [2.75, 3.05) is 25.5 Å². The van der Waals surface area contributed by atoms with Crippen LogP contribution in [0.15, 0.2) is 24.3 Å². The Hall–Kier alpha value is -1.76. The van der Waals surface area contributed by atoms with Crippen molar-refractivity contribution in [2.45, 2.75) is 12.6 Å². The number of amides is 1. The Labute approximate surface area is 108 Å². The van der Waals surface area contributed by atoms with Gasteiger partial charge in [0.15, 0.2) is 0 Å². The summed E-state index contributed by atoms with van der Waals surface area (Å²) in [5.74, 6) is -0.793. The van der Waals surface area contributed by atoms with E-state index in [1.165, 1.54) is 0 Å². The highest BCUT2D eigenvalue weighted by molar-refractivity contribution is 5.77. The molecular weight excluding hydrogens is 261 g/mol. The van der Waals surface area contributed by atoms with Gasteiger partial charge in [-0.1, -0.05) is 18.2 Å². The molecule has 1 aromatic carbocycles. The number of alkyl halides is 3. The Morgan fingerprint density at radius 2 is 2.00 bits per heavy atom. The lowest BCUT2D eigenvalue weighted by Crippen LogP contribution is -2.36. The number of carbonyl (C=O) groups is 1. The first-order chi connectivity index (χ1) is 8.88. The molecule has 0 fully saturated rings. The quantitative estimate of drug-likeness (QED) is 0.611. The molecule has 0 aromatic heterocycles. The number of nitrogen functional groups attached to an aromatic ring is 1. The Morgan fingerprint density at radius 3 is 2.63 bits per heavy atom. The highest BCUT2D eigenvalue weighted by Gasteiger charge is 2.27. The number of anilines is 1. The van der Waals surface area contributed by atoms with Crippen molar-refractivity contribution in [3.8, 4) is 0 Å². The van der Waals surface area contributed by atoms with Crippen molar-refractivity contribution in [3.05, 3.63) is 29.8 Å². The molecule has 0 saturated heterocycles. The summed E-state index contributed by atoms with van der Waals surface area (Å²) in [7, 11) is 0. The third-order valence-corrected chi connectivity index (χ3v) is 2.29. The number of hydrogen-bond donors (Lipinski definition) is 2. The van der Waals surface area contributed by atoms with Crippen LogP contribution in [0.2, 0.25) is 0 Å². The molecule has 0 spiro atoms. The number of ether oxygens (including phenoxy) is 1. The van der Waals surface area contributed by atoms with Gasteiger partial charge in [0.1, 0.15) is 13.2 Å².